The predicted molar refractivity (Wildman–Crippen MR) is 124 cm³/mol. The Morgan fingerprint density at radius 1 is 0.968 bits per heavy atom. The Bertz CT molecular complexity index is 1020. The van der Waals surface area contributed by atoms with Crippen LogP contribution in [0.4, 0.5) is 0 Å². The van der Waals surface area contributed by atoms with Gasteiger partial charge in [-0.2, -0.15) is 0 Å². The van der Waals surface area contributed by atoms with Crippen molar-refractivity contribution in [1.29, 1.82) is 0 Å². The molecule has 6 heteroatoms. The molecule has 0 aliphatic carbocycles. The van der Waals surface area contributed by atoms with Crippen molar-refractivity contribution >= 4 is 17.2 Å². The van der Waals surface area contributed by atoms with E-state index in [2.05, 4.69) is 36.1 Å². The molecule has 31 heavy (non-hydrogen) atoms. The van der Waals surface area contributed by atoms with Crippen LogP contribution in [0.2, 0.25) is 0 Å². The van der Waals surface area contributed by atoms with Crippen molar-refractivity contribution in [3.05, 3.63) is 81.5 Å². The number of nitrogens with zero attached hydrogens (tertiary/aromatic N) is 2. The summed E-state index contributed by atoms with van der Waals surface area (Å²) in [5.74, 6) is 1.64. The third-order valence-corrected chi connectivity index (χ3v) is 6.43. The van der Waals surface area contributed by atoms with Crippen LogP contribution in [0.15, 0.2) is 60.0 Å². The molecule has 1 fully saturated rings. The molecule has 0 bridgehead atoms. The van der Waals surface area contributed by atoms with Gasteiger partial charge in [-0.25, -0.2) is 0 Å². The lowest BCUT2D eigenvalue weighted by Gasteiger charge is -2.34. The number of aryl methyl sites for hydroxylation is 1. The van der Waals surface area contributed by atoms with E-state index < -0.39 is 0 Å². The van der Waals surface area contributed by atoms with Gasteiger partial charge in [-0.15, -0.1) is 11.3 Å². The Morgan fingerprint density at radius 3 is 2.52 bits per heavy atom. The van der Waals surface area contributed by atoms with Crippen LogP contribution in [0.25, 0.3) is 0 Å². The Kier molecular flexibility index (Phi) is 6.89. The summed E-state index contributed by atoms with van der Waals surface area (Å²) in [6.45, 7) is 6.82. The molecule has 0 unspecified atom stereocenters. The molecule has 5 nitrogen and oxygen atoms in total. The van der Waals surface area contributed by atoms with Crippen molar-refractivity contribution in [1.82, 2.24) is 9.80 Å². The quantitative estimate of drug-likeness (QED) is 0.543. The van der Waals surface area contributed by atoms with E-state index in [1.165, 1.54) is 22.5 Å². The minimum absolute atomic E-state index is 0.118. The van der Waals surface area contributed by atoms with E-state index in [4.69, 9.17) is 9.47 Å². The summed E-state index contributed by atoms with van der Waals surface area (Å²) in [5.41, 5.74) is 3.63. The SMILES string of the molecule is COc1cccc(OCc2csc(C(=O)N3CCN(Cc4cccc(C)c4)CC3)c2)c1. The van der Waals surface area contributed by atoms with Crippen molar-refractivity contribution in [2.75, 3.05) is 33.3 Å². The number of hydrogen-bond acceptors (Lipinski definition) is 5. The first kappa shape index (κ1) is 21.4. The molecule has 0 N–H and O–H groups in total. The fourth-order valence-electron chi connectivity index (χ4n) is 3.75. The van der Waals surface area contributed by atoms with Crippen LogP contribution in [0.3, 0.4) is 0 Å². The molecule has 2 heterocycles. The van der Waals surface area contributed by atoms with Crippen molar-refractivity contribution in [2.24, 2.45) is 0 Å². The van der Waals surface area contributed by atoms with Gasteiger partial charge in [0.15, 0.2) is 0 Å². The smallest absolute Gasteiger partial charge is 0.264 e. The fraction of sp³-hybridized carbons (Fsp3) is 0.320. The molecule has 1 amide bonds. The van der Waals surface area contributed by atoms with Gasteiger partial charge in [0.1, 0.15) is 18.1 Å². The minimum atomic E-state index is 0.118. The second kappa shape index (κ2) is 9.98. The molecule has 1 aliphatic heterocycles. The van der Waals surface area contributed by atoms with Crippen LogP contribution in [0, 0.1) is 6.92 Å². The largest absolute Gasteiger partial charge is 0.497 e. The molecule has 0 radical (unpaired) electrons. The van der Waals surface area contributed by atoms with Gasteiger partial charge < -0.3 is 14.4 Å². The standard InChI is InChI=1S/C25H28N2O3S/c1-19-5-3-6-20(13-19)16-26-9-11-27(12-10-26)25(28)24-14-21(18-31-24)17-30-23-8-4-7-22(15-23)29-2/h3-8,13-15,18H,9-12,16-17H2,1-2H3. The summed E-state index contributed by atoms with van der Waals surface area (Å²) in [7, 11) is 1.64. The van der Waals surface area contributed by atoms with Gasteiger partial charge in [-0.1, -0.05) is 35.9 Å². The zero-order chi connectivity index (χ0) is 21.6. The van der Waals surface area contributed by atoms with Crippen LogP contribution in [0.5, 0.6) is 11.5 Å². The van der Waals surface area contributed by atoms with Crippen LogP contribution < -0.4 is 9.47 Å². The number of thiophene rings is 1. The van der Waals surface area contributed by atoms with Crippen LogP contribution >= 0.6 is 11.3 Å². The molecule has 4 rings (SSSR count). The van der Waals surface area contributed by atoms with E-state index in [9.17, 15) is 4.79 Å². The number of rotatable bonds is 7. The van der Waals surface area contributed by atoms with E-state index in [0.717, 1.165) is 54.7 Å². The summed E-state index contributed by atoms with van der Waals surface area (Å²) in [5, 5.41) is 2.00. The molecule has 162 valence electrons. The van der Waals surface area contributed by atoms with E-state index >= 15 is 0 Å². The first-order valence-corrected chi connectivity index (χ1v) is 11.4. The lowest BCUT2D eigenvalue weighted by Crippen LogP contribution is -2.48. The predicted octanol–water partition coefficient (Wildman–Crippen LogP) is 4.60. The molecule has 1 aromatic heterocycles. The second-order valence-electron chi connectivity index (χ2n) is 7.84. The highest BCUT2D eigenvalue weighted by Crippen LogP contribution is 2.23. The third kappa shape index (κ3) is 5.66. The Labute approximate surface area is 187 Å². The van der Waals surface area contributed by atoms with E-state index in [0.29, 0.717) is 6.61 Å². The van der Waals surface area contributed by atoms with Crippen LogP contribution in [-0.2, 0) is 13.2 Å². The van der Waals surface area contributed by atoms with E-state index in [1.807, 2.05) is 40.6 Å². The number of carbonyl (C=O) groups is 1. The summed E-state index contributed by atoms with van der Waals surface area (Å²) in [4.78, 5) is 18.1. The summed E-state index contributed by atoms with van der Waals surface area (Å²) in [6, 6.07) is 18.1. The number of hydrogen-bond donors (Lipinski definition) is 0. The number of ether oxygens (including phenoxy) is 2. The molecule has 0 spiro atoms. The Balaban J connectivity index is 1.28. The van der Waals surface area contributed by atoms with Gasteiger partial charge in [-0.05, 0) is 36.1 Å². The minimum Gasteiger partial charge on any atom is -0.497 e. The highest BCUT2D eigenvalue weighted by atomic mass is 32.1. The van der Waals surface area contributed by atoms with E-state index in [1.54, 1.807) is 7.11 Å². The van der Waals surface area contributed by atoms with E-state index in [-0.39, 0.29) is 5.91 Å². The maximum atomic E-state index is 12.9. The van der Waals surface area contributed by atoms with Crippen LogP contribution in [-0.4, -0.2) is 49.0 Å². The number of carbonyl (C=O) groups excluding carboxylic acids is 1. The zero-order valence-corrected chi connectivity index (χ0v) is 18.9. The maximum absolute atomic E-state index is 12.9. The summed E-state index contributed by atoms with van der Waals surface area (Å²) < 4.78 is 11.1. The van der Waals surface area contributed by atoms with Gasteiger partial charge in [0, 0.05) is 44.4 Å². The highest BCUT2D eigenvalue weighted by Gasteiger charge is 2.23. The fourth-order valence-corrected chi connectivity index (χ4v) is 4.62. The van der Waals surface area contributed by atoms with Gasteiger partial charge in [0.2, 0.25) is 0 Å². The Hall–Kier alpha value is -2.83. The average molecular weight is 437 g/mol. The van der Waals surface area contributed by atoms with Crippen molar-refractivity contribution in [3.63, 3.8) is 0 Å². The average Bonchev–Trinajstić information content (AvgIpc) is 3.27. The molecule has 3 aromatic rings. The van der Waals surface area contributed by atoms with Crippen molar-refractivity contribution in [2.45, 2.75) is 20.1 Å². The van der Waals surface area contributed by atoms with Gasteiger partial charge in [0.25, 0.3) is 5.91 Å². The molecule has 0 saturated carbocycles. The second-order valence-corrected chi connectivity index (χ2v) is 8.76. The van der Waals surface area contributed by atoms with Crippen molar-refractivity contribution in [3.8, 4) is 11.5 Å². The summed E-state index contributed by atoms with van der Waals surface area (Å²) in [6.07, 6.45) is 0. The molecule has 2 aromatic carbocycles. The number of amides is 1. The number of benzene rings is 2. The molecule has 1 aliphatic rings. The number of methoxy groups -OCH3 is 1. The number of piperazine rings is 1. The lowest BCUT2D eigenvalue weighted by molar-refractivity contribution is 0.0633. The first-order valence-electron chi connectivity index (χ1n) is 10.5. The molecule has 0 atom stereocenters. The normalized spacial score (nSPS) is 14.5. The van der Waals surface area contributed by atoms with Crippen LogP contribution in [0.1, 0.15) is 26.4 Å². The van der Waals surface area contributed by atoms with Gasteiger partial charge >= 0.3 is 0 Å². The lowest BCUT2D eigenvalue weighted by atomic mass is 10.1. The first-order chi connectivity index (χ1) is 15.1. The molecular weight excluding hydrogens is 408 g/mol. The van der Waals surface area contributed by atoms with Gasteiger partial charge in [-0.3, -0.25) is 9.69 Å². The topological polar surface area (TPSA) is 42.0 Å². The van der Waals surface area contributed by atoms with Crippen molar-refractivity contribution < 1.29 is 14.3 Å². The molecule has 1 saturated heterocycles. The third-order valence-electron chi connectivity index (χ3n) is 5.46. The zero-order valence-electron chi connectivity index (χ0n) is 18.0. The highest BCUT2D eigenvalue weighted by molar-refractivity contribution is 7.12. The van der Waals surface area contributed by atoms with Gasteiger partial charge in [0.05, 0.1) is 12.0 Å². The Morgan fingerprint density at radius 2 is 1.74 bits per heavy atom. The monoisotopic (exact) mass is 436 g/mol. The maximum Gasteiger partial charge on any atom is 0.264 e. The molecular formula is C25H28N2O3S. The summed E-state index contributed by atoms with van der Waals surface area (Å²) >= 11 is 1.49.